The van der Waals surface area contributed by atoms with E-state index < -0.39 is 0 Å². The summed E-state index contributed by atoms with van der Waals surface area (Å²) in [6.45, 7) is 0. The van der Waals surface area contributed by atoms with Crippen LogP contribution in [0.5, 0.6) is 0 Å². The minimum Gasteiger partial charge on any atom is -0.382 e. The molecular weight excluding hydrogens is 258 g/mol. The topological polar surface area (TPSA) is 29.9 Å². The second-order valence-electron chi connectivity index (χ2n) is 6.60. The molecular formula is C18H23N3. The second kappa shape index (κ2) is 5.55. The first kappa shape index (κ1) is 12.9. The van der Waals surface area contributed by atoms with Crippen LogP contribution in [0.2, 0.25) is 0 Å². The van der Waals surface area contributed by atoms with Crippen LogP contribution in [0.25, 0.3) is 5.69 Å². The van der Waals surface area contributed by atoms with Gasteiger partial charge in [-0.25, -0.2) is 4.68 Å². The summed E-state index contributed by atoms with van der Waals surface area (Å²) in [7, 11) is 0. The van der Waals surface area contributed by atoms with Crippen LogP contribution >= 0.6 is 0 Å². The normalized spacial score (nSPS) is 25.7. The van der Waals surface area contributed by atoms with E-state index in [2.05, 4.69) is 34.7 Å². The third-order valence-corrected chi connectivity index (χ3v) is 5.01. The van der Waals surface area contributed by atoms with E-state index in [1.165, 1.54) is 44.2 Å². The van der Waals surface area contributed by atoms with Gasteiger partial charge in [0.1, 0.15) is 0 Å². The third-order valence-electron chi connectivity index (χ3n) is 5.01. The van der Waals surface area contributed by atoms with Crippen LogP contribution in [0, 0.1) is 11.8 Å². The Hall–Kier alpha value is -1.77. The monoisotopic (exact) mass is 281 g/mol. The lowest BCUT2D eigenvalue weighted by Gasteiger charge is -2.30. The SMILES string of the molecule is c1cnn(-c2ccc(NC3CCCC(C4CC4)C3)cc2)c1. The van der Waals surface area contributed by atoms with Gasteiger partial charge in [-0.05, 0) is 67.9 Å². The summed E-state index contributed by atoms with van der Waals surface area (Å²) in [5.41, 5.74) is 2.36. The molecule has 0 saturated heterocycles. The van der Waals surface area contributed by atoms with Crippen molar-refractivity contribution in [3.63, 3.8) is 0 Å². The Morgan fingerprint density at radius 1 is 1.00 bits per heavy atom. The van der Waals surface area contributed by atoms with E-state index in [1.807, 2.05) is 23.1 Å². The van der Waals surface area contributed by atoms with Gasteiger partial charge >= 0.3 is 0 Å². The van der Waals surface area contributed by atoms with Crippen molar-refractivity contribution in [1.29, 1.82) is 0 Å². The zero-order chi connectivity index (χ0) is 14.1. The van der Waals surface area contributed by atoms with Crippen molar-refractivity contribution in [2.24, 2.45) is 11.8 Å². The van der Waals surface area contributed by atoms with Gasteiger partial charge in [-0.3, -0.25) is 0 Å². The minimum atomic E-state index is 0.667. The van der Waals surface area contributed by atoms with Crippen LogP contribution in [0.4, 0.5) is 5.69 Å². The average molecular weight is 281 g/mol. The molecule has 2 aromatic rings. The fourth-order valence-electron chi connectivity index (χ4n) is 3.72. The molecule has 0 spiro atoms. The minimum absolute atomic E-state index is 0.667. The van der Waals surface area contributed by atoms with Gasteiger partial charge in [0.25, 0.3) is 0 Å². The molecule has 2 aliphatic rings. The highest BCUT2D eigenvalue weighted by Crippen LogP contribution is 2.44. The highest BCUT2D eigenvalue weighted by atomic mass is 15.3. The number of nitrogens with one attached hydrogen (secondary N) is 1. The maximum atomic E-state index is 4.26. The molecule has 21 heavy (non-hydrogen) atoms. The van der Waals surface area contributed by atoms with E-state index in [9.17, 15) is 0 Å². The van der Waals surface area contributed by atoms with Gasteiger partial charge in [0, 0.05) is 24.1 Å². The van der Waals surface area contributed by atoms with Gasteiger partial charge < -0.3 is 5.32 Å². The van der Waals surface area contributed by atoms with Crippen LogP contribution in [-0.4, -0.2) is 15.8 Å². The summed E-state index contributed by atoms with van der Waals surface area (Å²) < 4.78 is 1.90. The molecule has 4 rings (SSSR count). The largest absolute Gasteiger partial charge is 0.382 e. The summed E-state index contributed by atoms with van der Waals surface area (Å²) in [5.74, 6) is 2.04. The molecule has 2 unspecified atom stereocenters. The summed E-state index contributed by atoms with van der Waals surface area (Å²) in [5, 5.41) is 8.00. The van der Waals surface area contributed by atoms with Gasteiger partial charge in [-0.15, -0.1) is 0 Å². The molecule has 1 aromatic heterocycles. The van der Waals surface area contributed by atoms with Gasteiger partial charge in [0.05, 0.1) is 5.69 Å². The van der Waals surface area contributed by atoms with Crippen molar-refractivity contribution in [2.45, 2.75) is 44.6 Å². The molecule has 1 N–H and O–H groups in total. The first-order valence-electron chi connectivity index (χ1n) is 8.25. The average Bonchev–Trinajstić information content (AvgIpc) is 3.24. The lowest BCUT2D eigenvalue weighted by atomic mass is 9.82. The van der Waals surface area contributed by atoms with Crippen LogP contribution < -0.4 is 5.32 Å². The van der Waals surface area contributed by atoms with E-state index >= 15 is 0 Å². The molecule has 0 aliphatic heterocycles. The fourth-order valence-corrected chi connectivity index (χ4v) is 3.72. The number of benzene rings is 1. The Morgan fingerprint density at radius 3 is 2.57 bits per heavy atom. The maximum absolute atomic E-state index is 4.26. The molecule has 2 atom stereocenters. The highest BCUT2D eigenvalue weighted by molar-refractivity contribution is 5.49. The van der Waals surface area contributed by atoms with Crippen molar-refractivity contribution in [1.82, 2.24) is 9.78 Å². The number of hydrogen-bond donors (Lipinski definition) is 1. The number of nitrogens with zero attached hydrogens (tertiary/aromatic N) is 2. The van der Waals surface area contributed by atoms with Crippen molar-refractivity contribution in [3.05, 3.63) is 42.7 Å². The van der Waals surface area contributed by atoms with Crippen molar-refractivity contribution in [2.75, 3.05) is 5.32 Å². The first-order valence-corrected chi connectivity index (χ1v) is 8.25. The van der Waals surface area contributed by atoms with Crippen molar-refractivity contribution >= 4 is 5.69 Å². The maximum Gasteiger partial charge on any atom is 0.0647 e. The predicted molar refractivity (Wildman–Crippen MR) is 85.7 cm³/mol. The van der Waals surface area contributed by atoms with Gasteiger partial charge in [0.2, 0.25) is 0 Å². The van der Waals surface area contributed by atoms with Crippen LogP contribution in [0.1, 0.15) is 38.5 Å². The molecule has 2 saturated carbocycles. The van der Waals surface area contributed by atoms with E-state index in [1.54, 1.807) is 0 Å². The van der Waals surface area contributed by atoms with E-state index in [0.717, 1.165) is 17.5 Å². The van der Waals surface area contributed by atoms with Crippen molar-refractivity contribution in [3.8, 4) is 5.69 Å². The number of rotatable bonds is 4. The molecule has 2 aliphatic carbocycles. The third kappa shape index (κ3) is 2.97. The molecule has 110 valence electrons. The summed E-state index contributed by atoms with van der Waals surface area (Å²) >= 11 is 0. The molecule has 0 radical (unpaired) electrons. The van der Waals surface area contributed by atoms with E-state index in [4.69, 9.17) is 0 Å². The molecule has 1 heterocycles. The Kier molecular flexibility index (Phi) is 3.42. The van der Waals surface area contributed by atoms with E-state index in [-0.39, 0.29) is 0 Å². The standard InChI is InChI=1S/C18H23N3/c1-3-15(14-5-6-14)13-17(4-1)20-16-7-9-18(10-8-16)21-12-2-11-19-21/h2,7-12,14-15,17,20H,1,3-6,13H2. The quantitative estimate of drug-likeness (QED) is 0.907. The molecule has 3 heteroatoms. The number of aromatic nitrogens is 2. The molecule has 0 bridgehead atoms. The van der Waals surface area contributed by atoms with Crippen molar-refractivity contribution < 1.29 is 0 Å². The lowest BCUT2D eigenvalue weighted by Crippen LogP contribution is -2.28. The zero-order valence-corrected chi connectivity index (χ0v) is 12.4. The lowest BCUT2D eigenvalue weighted by molar-refractivity contribution is 0.303. The number of anilines is 1. The van der Waals surface area contributed by atoms with Gasteiger partial charge in [0.15, 0.2) is 0 Å². The van der Waals surface area contributed by atoms with Crippen LogP contribution in [0.15, 0.2) is 42.7 Å². The Balaban J connectivity index is 1.40. The van der Waals surface area contributed by atoms with Gasteiger partial charge in [-0.1, -0.05) is 12.8 Å². The Morgan fingerprint density at radius 2 is 1.86 bits per heavy atom. The molecule has 0 amide bonds. The second-order valence-corrected chi connectivity index (χ2v) is 6.60. The molecule has 1 aromatic carbocycles. The van der Waals surface area contributed by atoms with E-state index in [0.29, 0.717) is 6.04 Å². The predicted octanol–water partition coefficient (Wildman–Crippen LogP) is 4.25. The summed E-state index contributed by atoms with van der Waals surface area (Å²) in [4.78, 5) is 0. The first-order chi connectivity index (χ1) is 10.4. The Labute approximate surface area is 126 Å². The zero-order valence-electron chi connectivity index (χ0n) is 12.4. The highest BCUT2D eigenvalue weighted by Gasteiger charge is 2.34. The molecule has 3 nitrogen and oxygen atoms in total. The summed E-state index contributed by atoms with van der Waals surface area (Å²) in [6.07, 6.45) is 12.3. The van der Waals surface area contributed by atoms with Gasteiger partial charge in [-0.2, -0.15) is 5.10 Å². The Bertz CT molecular complexity index is 569. The summed E-state index contributed by atoms with van der Waals surface area (Å²) in [6, 6.07) is 11.2. The smallest absolute Gasteiger partial charge is 0.0647 e. The van der Waals surface area contributed by atoms with Crippen LogP contribution in [0.3, 0.4) is 0 Å². The van der Waals surface area contributed by atoms with Crippen LogP contribution in [-0.2, 0) is 0 Å². The molecule has 2 fully saturated rings. The fraction of sp³-hybridized carbons (Fsp3) is 0.500. The number of hydrogen-bond acceptors (Lipinski definition) is 2.